The van der Waals surface area contributed by atoms with Gasteiger partial charge in [0, 0.05) is 18.9 Å². The van der Waals surface area contributed by atoms with Crippen molar-refractivity contribution in [2.75, 3.05) is 13.1 Å². The Labute approximate surface area is 146 Å². The Hall–Kier alpha value is -2.73. The molecule has 130 valence electrons. The maximum Gasteiger partial charge on any atom is 0.259 e. The van der Waals surface area contributed by atoms with Crippen molar-refractivity contribution >= 4 is 11.6 Å². The molecule has 25 heavy (non-hydrogen) atoms. The van der Waals surface area contributed by atoms with E-state index in [-0.39, 0.29) is 12.5 Å². The van der Waals surface area contributed by atoms with Crippen LogP contribution in [-0.4, -0.2) is 43.6 Å². The number of rotatable bonds is 5. The standard InChI is InChI=1S/C19H22N4O2/c1-4-22(12-16(24)15-8-6-13(2)7-9-15)19(25)17-14(3)21-23-11-5-10-20-18(17)23/h5-11,16,24H,4,12H2,1-3H3. The number of hydrogen-bond acceptors (Lipinski definition) is 4. The lowest BCUT2D eigenvalue weighted by atomic mass is 10.1. The highest BCUT2D eigenvalue weighted by atomic mass is 16.3. The van der Waals surface area contributed by atoms with Gasteiger partial charge in [0.05, 0.1) is 18.3 Å². The van der Waals surface area contributed by atoms with Crippen LogP contribution in [0.15, 0.2) is 42.7 Å². The second-order valence-electron chi connectivity index (χ2n) is 6.12. The number of aliphatic hydroxyl groups excluding tert-OH is 1. The smallest absolute Gasteiger partial charge is 0.259 e. The maximum absolute atomic E-state index is 13.0. The van der Waals surface area contributed by atoms with E-state index < -0.39 is 6.10 Å². The van der Waals surface area contributed by atoms with E-state index in [2.05, 4.69) is 10.1 Å². The Kier molecular flexibility index (Phi) is 4.81. The van der Waals surface area contributed by atoms with Gasteiger partial charge in [0.2, 0.25) is 0 Å². The van der Waals surface area contributed by atoms with Crippen molar-refractivity contribution in [2.24, 2.45) is 0 Å². The average molecular weight is 338 g/mol. The Morgan fingerprint density at radius 3 is 2.68 bits per heavy atom. The summed E-state index contributed by atoms with van der Waals surface area (Å²) in [7, 11) is 0. The predicted molar refractivity (Wildman–Crippen MR) is 95.4 cm³/mol. The molecule has 0 radical (unpaired) electrons. The van der Waals surface area contributed by atoms with Gasteiger partial charge >= 0.3 is 0 Å². The van der Waals surface area contributed by atoms with Crippen LogP contribution in [-0.2, 0) is 0 Å². The molecule has 1 N–H and O–H groups in total. The summed E-state index contributed by atoms with van der Waals surface area (Å²) in [6, 6.07) is 9.46. The van der Waals surface area contributed by atoms with Crippen LogP contribution in [0.3, 0.4) is 0 Å². The topological polar surface area (TPSA) is 70.7 Å². The number of nitrogens with zero attached hydrogens (tertiary/aromatic N) is 4. The number of aromatic nitrogens is 3. The molecule has 6 nitrogen and oxygen atoms in total. The Morgan fingerprint density at radius 2 is 2.00 bits per heavy atom. The number of benzene rings is 1. The van der Waals surface area contributed by atoms with Gasteiger partial charge in [-0.05, 0) is 32.4 Å². The maximum atomic E-state index is 13.0. The van der Waals surface area contributed by atoms with E-state index in [1.165, 1.54) is 0 Å². The van der Waals surface area contributed by atoms with Crippen molar-refractivity contribution in [3.8, 4) is 0 Å². The summed E-state index contributed by atoms with van der Waals surface area (Å²) in [4.78, 5) is 18.9. The highest BCUT2D eigenvalue weighted by Gasteiger charge is 2.24. The van der Waals surface area contributed by atoms with Crippen molar-refractivity contribution in [3.05, 3.63) is 65.1 Å². The molecule has 1 unspecified atom stereocenters. The van der Waals surface area contributed by atoms with Gasteiger partial charge in [-0.2, -0.15) is 5.10 Å². The second-order valence-corrected chi connectivity index (χ2v) is 6.12. The second kappa shape index (κ2) is 7.03. The molecule has 0 aliphatic rings. The van der Waals surface area contributed by atoms with E-state index in [0.29, 0.717) is 23.4 Å². The summed E-state index contributed by atoms with van der Waals surface area (Å²) >= 11 is 0. The highest BCUT2D eigenvalue weighted by Crippen LogP contribution is 2.19. The Balaban J connectivity index is 1.85. The zero-order valence-corrected chi connectivity index (χ0v) is 14.7. The van der Waals surface area contributed by atoms with Gasteiger partial charge in [0.25, 0.3) is 5.91 Å². The summed E-state index contributed by atoms with van der Waals surface area (Å²) in [5.41, 5.74) is 3.58. The largest absolute Gasteiger partial charge is 0.387 e. The van der Waals surface area contributed by atoms with E-state index in [1.807, 2.05) is 38.1 Å². The first kappa shape index (κ1) is 17.1. The van der Waals surface area contributed by atoms with E-state index >= 15 is 0 Å². The first-order valence-electron chi connectivity index (χ1n) is 8.35. The molecule has 0 aliphatic carbocycles. The fraction of sp³-hybridized carbons (Fsp3) is 0.316. The van der Waals surface area contributed by atoms with E-state index in [1.54, 1.807) is 34.8 Å². The van der Waals surface area contributed by atoms with Gasteiger partial charge in [0.15, 0.2) is 5.65 Å². The molecular formula is C19H22N4O2. The molecule has 1 amide bonds. The van der Waals surface area contributed by atoms with Crippen molar-refractivity contribution in [3.63, 3.8) is 0 Å². The summed E-state index contributed by atoms with van der Waals surface area (Å²) < 4.78 is 1.60. The van der Waals surface area contributed by atoms with Crippen LogP contribution in [0.1, 0.15) is 40.2 Å². The van der Waals surface area contributed by atoms with Crippen molar-refractivity contribution in [1.29, 1.82) is 0 Å². The van der Waals surface area contributed by atoms with E-state index in [4.69, 9.17) is 0 Å². The zero-order chi connectivity index (χ0) is 18.0. The number of aliphatic hydroxyl groups is 1. The van der Waals surface area contributed by atoms with E-state index in [0.717, 1.165) is 11.1 Å². The van der Waals surface area contributed by atoms with Crippen LogP contribution in [0, 0.1) is 13.8 Å². The molecule has 0 saturated carbocycles. The number of likely N-dealkylation sites (N-methyl/N-ethyl adjacent to an activating group) is 1. The molecule has 3 rings (SSSR count). The molecule has 0 spiro atoms. The molecule has 0 bridgehead atoms. The van der Waals surface area contributed by atoms with Crippen LogP contribution in [0.2, 0.25) is 0 Å². The van der Waals surface area contributed by atoms with Crippen LogP contribution >= 0.6 is 0 Å². The third-order valence-corrected chi connectivity index (χ3v) is 4.31. The lowest BCUT2D eigenvalue weighted by molar-refractivity contribution is 0.0636. The molecule has 0 saturated heterocycles. The van der Waals surface area contributed by atoms with Gasteiger partial charge in [-0.3, -0.25) is 4.79 Å². The molecule has 2 aromatic heterocycles. The molecule has 1 aromatic carbocycles. The fourth-order valence-corrected chi connectivity index (χ4v) is 2.86. The number of carbonyl (C=O) groups excluding carboxylic acids is 1. The normalized spacial score (nSPS) is 12.3. The summed E-state index contributed by atoms with van der Waals surface area (Å²) in [6.45, 7) is 6.41. The van der Waals surface area contributed by atoms with Crippen molar-refractivity contribution < 1.29 is 9.90 Å². The fourth-order valence-electron chi connectivity index (χ4n) is 2.86. The predicted octanol–water partition coefficient (Wildman–Crippen LogP) is 2.54. The van der Waals surface area contributed by atoms with E-state index in [9.17, 15) is 9.90 Å². The third kappa shape index (κ3) is 3.39. The first-order valence-corrected chi connectivity index (χ1v) is 8.35. The molecule has 3 aromatic rings. The van der Waals surface area contributed by atoms with Crippen LogP contribution in [0.25, 0.3) is 5.65 Å². The van der Waals surface area contributed by atoms with Crippen LogP contribution in [0.4, 0.5) is 0 Å². The summed E-state index contributed by atoms with van der Waals surface area (Å²) in [6.07, 6.45) is 2.67. The quantitative estimate of drug-likeness (QED) is 0.776. The number of fused-ring (bicyclic) bond motifs is 1. The molecule has 2 heterocycles. The average Bonchev–Trinajstić information content (AvgIpc) is 2.95. The summed E-state index contributed by atoms with van der Waals surface area (Å²) in [5, 5.41) is 14.9. The minimum absolute atomic E-state index is 0.167. The SMILES string of the molecule is CCN(CC(O)c1ccc(C)cc1)C(=O)c1c(C)nn2cccnc12. The third-order valence-electron chi connectivity index (χ3n) is 4.31. The van der Waals surface area contributed by atoms with Crippen LogP contribution < -0.4 is 0 Å². The monoisotopic (exact) mass is 338 g/mol. The Morgan fingerprint density at radius 1 is 1.28 bits per heavy atom. The lowest BCUT2D eigenvalue weighted by Gasteiger charge is -2.24. The number of amides is 1. The molecule has 0 fully saturated rings. The first-order chi connectivity index (χ1) is 12.0. The van der Waals surface area contributed by atoms with Crippen molar-refractivity contribution in [1.82, 2.24) is 19.5 Å². The minimum Gasteiger partial charge on any atom is -0.387 e. The lowest BCUT2D eigenvalue weighted by Crippen LogP contribution is -2.35. The minimum atomic E-state index is -0.736. The van der Waals surface area contributed by atoms with Gasteiger partial charge in [0.1, 0.15) is 5.56 Å². The van der Waals surface area contributed by atoms with Gasteiger partial charge in [-0.1, -0.05) is 29.8 Å². The zero-order valence-electron chi connectivity index (χ0n) is 14.7. The van der Waals surface area contributed by atoms with Gasteiger partial charge < -0.3 is 10.0 Å². The van der Waals surface area contributed by atoms with Gasteiger partial charge in [-0.25, -0.2) is 9.50 Å². The molecule has 6 heteroatoms. The Bertz CT molecular complexity index is 886. The number of aryl methyl sites for hydroxylation is 2. The van der Waals surface area contributed by atoms with Crippen molar-refractivity contribution in [2.45, 2.75) is 26.9 Å². The molecule has 0 aliphatic heterocycles. The molecular weight excluding hydrogens is 316 g/mol. The van der Waals surface area contributed by atoms with Crippen LogP contribution in [0.5, 0.6) is 0 Å². The number of carbonyl (C=O) groups is 1. The highest BCUT2D eigenvalue weighted by molar-refractivity contribution is 6.01. The molecule has 1 atom stereocenters. The summed E-state index contributed by atoms with van der Waals surface area (Å²) in [5.74, 6) is -0.167. The number of hydrogen-bond donors (Lipinski definition) is 1. The van der Waals surface area contributed by atoms with Gasteiger partial charge in [-0.15, -0.1) is 0 Å².